The standard InChI is InChI=1S/C14H21Cl2N/c1-3-17-9-8-11(2)4-5-12-6-7-13(15)10-14(12)16/h6-7,10-11,17H,3-5,8-9H2,1-2H3. The highest BCUT2D eigenvalue weighted by Gasteiger charge is 2.05. The number of benzene rings is 1. The van der Waals surface area contributed by atoms with Gasteiger partial charge >= 0.3 is 0 Å². The van der Waals surface area contributed by atoms with Crippen LogP contribution < -0.4 is 5.32 Å². The number of rotatable bonds is 7. The minimum Gasteiger partial charge on any atom is -0.317 e. The maximum Gasteiger partial charge on any atom is 0.0452 e. The normalized spacial score (nSPS) is 12.7. The van der Waals surface area contributed by atoms with Crippen molar-refractivity contribution in [2.75, 3.05) is 13.1 Å². The first-order chi connectivity index (χ1) is 8.13. The quantitative estimate of drug-likeness (QED) is 0.718. The van der Waals surface area contributed by atoms with E-state index in [4.69, 9.17) is 23.2 Å². The summed E-state index contributed by atoms with van der Waals surface area (Å²) in [6, 6.07) is 5.76. The van der Waals surface area contributed by atoms with Crippen molar-refractivity contribution < 1.29 is 0 Å². The number of hydrogen-bond acceptors (Lipinski definition) is 1. The van der Waals surface area contributed by atoms with Crippen LogP contribution in [0.1, 0.15) is 32.3 Å². The van der Waals surface area contributed by atoms with Crippen molar-refractivity contribution in [3.8, 4) is 0 Å². The van der Waals surface area contributed by atoms with Gasteiger partial charge in [-0.3, -0.25) is 0 Å². The zero-order chi connectivity index (χ0) is 12.7. The summed E-state index contributed by atoms with van der Waals surface area (Å²) < 4.78 is 0. The van der Waals surface area contributed by atoms with Crippen LogP contribution in [0.2, 0.25) is 10.0 Å². The maximum absolute atomic E-state index is 6.14. The molecule has 0 radical (unpaired) electrons. The molecule has 96 valence electrons. The van der Waals surface area contributed by atoms with E-state index < -0.39 is 0 Å². The first-order valence-electron chi connectivity index (χ1n) is 6.28. The van der Waals surface area contributed by atoms with Crippen molar-refractivity contribution in [3.63, 3.8) is 0 Å². The predicted octanol–water partition coefficient (Wildman–Crippen LogP) is 4.56. The third-order valence-electron chi connectivity index (χ3n) is 2.99. The highest BCUT2D eigenvalue weighted by molar-refractivity contribution is 6.35. The molecule has 0 saturated carbocycles. The average Bonchev–Trinajstić information content (AvgIpc) is 2.28. The van der Waals surface area contributed by atoms with Crippen molar-refractivity contribution >= 4 is 23.2 Å². The van der Waals surface area contributed by atoms with Crippen LogP contribution in [-0.4, -0.2) is 13.1 Å². The van der Waals surface area contributed by atoms with Crippen LogP contribution in [0.5, 0.6) is 0 Å². The summed E-state index contributed by atoms with van der Waals surface area (Å²) in [5.74, 6) is 0.723. The molecular weight excluding hydrogens is 253 g/mol. The monoisotopic (exact) mass is 273 g/mol. The molecule has 0 saturated heterocycles. The smallest absolute Gasteiger partial charge is 0.0452 e. The summed E-state index contributed by atoms with van der Waals surface area (Å²) >= 11 is 12.0. The molecule has 0 amide bonds. The van der Waals surface area contributed by atoms with Gasteiger partial charge in [-0.05, 0) is 56.0 Å². The van der Waals surface area contributed by atoms with Gasteiger partial charge in [0, 0.05) is 10.0 Å². The first kappa shape index (κ1) is 14.8. The van der Waals surface area contributed by atoms with Crippen molar-refractivity contribution in [1.82, 2.24) is 5.32 Å². The zero-order valence-electron chi connectivity index (χ0n) is 10.6. The van der Waals surface area contributed by atoms with E-state index >= 15 is 0 Å². The molecule has 0 aliphatic carbocycles. The summed E-state index contributed by atoms with van der Waals surface area (Å²) in [6.45, 7) is 6.58. The number of hydrogen-bond donors (Lipinski definition) is 1. The van der Waals surface area contributed by atoms with Gasteiger partial charge in [-0.25, -0.2) is 0 Å². The third kappa shape index (κ3) is 5.76. The van der Waals surface area contributed by atoms with Crippen molar-refractivity contribution in [1.29, 1.82) is 0 Å². The van der Waals surface area contributed by atoms with Crippen molar-refractivity contribution in [3.05, 3.63) is 33.8 Å². The van der Waals surface area contributed by atoms with Gasteiger partial charge in [0.05, 0.1) is 0 Å². The number of aryl methyl sites for hydroxylation is 1. The average molecular weight is 274 g/mol. The molecule has 0 aliphatic rings. The minimum absolute atomic E-state index is 0.707. The van der Waals surface area contributed by atoms with Gasteiger partial charge in [0.15, 0.2) is 0 Å². The molecule has 0 aliphatic heterocycles. The lowest BCUT2D eigenvalue weighted by Gasteiger charge is -2.12. The van der Waals surface area contributed by atoms with Crippen LogP contribution in [0.4, 0.5) is 0 Å². The topological polar surface area (TPSA) is 12.0 Å². The van der Waals surface area contributed by atoms with E-state index in [1.807, 2.05) is 18.2 Å². The van der Waals surface area contributed by atoms with E-state index in [2.05, 4.69) is 19.2 Å². The van der Waals surface area contributed by atoms with Gasteiger partial charge in [-0.2, -0.15) is 0 Å². The van der Waals surface area contributed by atoms with E-state index in [9.17, 15) is 0 Å². The van der Waals surface area contributed by atoms with Gasteiger partial charge < -0.3 is 5.32 Å². The van der Waals surface area contributed by atoms with E-state index in [1.165, 1.54) is 18.4 Å². The highest BCUT2D eigenvalue weighted by atomic mass is 35.5. The molecule has 0 aromatic heterocycles. The fourth-order valence-corrected chi connectivity index (χ4v) is 2.30. The fourth-order valence-electron chi connectivity index (χ4n) is 1.80. The summed E-state index contributed by atoms with van der Waals surface area (Å²) in [5, 5.41) is 4.85. The molecule has 0 fully saturated rings. The highest BCUT2D eigenvalue weighted by Crippen LogP contribution is 2.23. The Balaban J connectivity index is 2.34. The second kappa shape index (κ2) is 7.97. The molecule has 1 aromatic carbocycles. The van der Waals surface area contributed by atoms with E-state index in [-0.39, 0.29) is 0 Å². The Morgan fingerprint density at radius 2 is 2.00 bits per heavy atom. The Morgan fingerprint density at radius 1 is 1.24 bits per heavy atom. The van der Waals surface area contributed by atoms with Crippen LogP contribution in [0.15, 0.2) is 18.2 Å². The Labute approximate surface area is 115 Å². The van der Waals surface area contributed by atoms with Gasteiger partial charge in [0.1, 0.15) is 0 Å². The summed E-state index contributed by atoms with van der Waals surface area (Å²) in [6.07, 6.45) is 3.43. The molecule has 17 heavy (non-hydrogen) atoms. The second-order valence-electron chi connectivity index (χ2n) is 4.52. The molecule has 1 unspecified atom stereocenters. The summed E-state index contributed by atoms with van der Waals surface area (Å²) in [4.78, 5) is 0. The van der Waals surface area contributed by atoms with E-state index in [0.717, 1.165) is 30.5 Å². The summed E-state index contributed by atoms with van der Waals surface area (Å²) in [7, 11) is 0. The fraction of sp³-hybridized carbons (Fsp3) is 0.571. The molecule has 1 aromatic rings. The molecule has 0 heterocycles. The molecule has 1 rings (SSSR count). The molecule has 3 heteroatoms. The zero-order valence-corrected chi connectivity index (χ0v) is 12.1. The molecular formula is C14H21Cl2N. The van der Waals surface area contributed by atoms with Gasteiger partial charge in [0.2, 0.25) is 0 Å². The van der Waals surface area contributed by atoms with Crippen LogP contribution in [0, 0.1) is 5.92 Å². The Bertz CT molecular complexity index is 339. The van der Waals surface area contributed by atoms with Crippen LogP contribution in [0.3, 0.4) is 0 Å². The largest absolute Gasteiger partial charge is 0.317 e. The molecule has 1 N–H and O–H groups in total. The number of halogens is 2. The van der Waals surface area contributed by atoms with Gasteiger partial charge in [-0.1, -0.05) is 43.1 Å². The van der Waals surface area contributed by atoms with Gasteiger partial charge in [-0.15, -0.1) is 0 Å². The molecule has 1 atom stereocenters. The third-order valence-corrected chi connectivity index (χ3v) is 3.57. The Kier molecular flexibility index (Phi) is 6.94. The van der Waals surface area contributed by atoms with Crippen LogP contribution >= 0.6 is 23.2 Å². The molecule has 1 nitrogen and oxygen atoms in total. The lowest BCUT2D eigenvalue weighted by atomic mass is 9.98. The Morgan fingerprint density at radius 3 is 2.65 bits per heavy atom. The lowest BCUT2D eigenvalue weighted by Crippen LogP contribution is -2.16. The number of nitrogens with one attached hydrogen (secondary N) is 1. The Hall–Kier alpha value is -0.240. The SMILES string of the molecule is CCNCCC(C)CCc1ccc(Cl)cc1Cl. The van der Waals surface area contributed by atoms with Crippen LogP contribution in [-0.2, 0) is 6.42 Å². The molecule has 0 spiro atoms. The van der Waals surface area contributed by atoms with E-state index in [0.29, 0.717) is 5.02 Å². The molecule has 0 bridgehead atoms. The maximum atomic E-state index is 6.14. The first-order valence-corrected chi connectivity index (χ1v) is 7.03. The van der Waals surface area contributed by atoms with Crippen molar-refractivity contribution in [2.24, 2.45) is 5.92 Å². The van der Waals surface area contributed by atoms with E-state index in [1.54, 1.807) is 0 Å². The predicted molar refractivity (Wildman–Crippen MR) is 77.1 cm³/mol. The summed E-state index contributed by atoms with van der Waals surface area (Å²) in [5.41, 5.74) is 1.20. The lowest BCUT2D eigenvalue weighted by molar-refractivity contribution is 0.474. The van der Waals surface area contributed by atoms with Gasteiger partial charge in [0.25, 0.3) is 0 Å². The van der Waals surface area contributed by atoms with Crippen molar-refractivity contribution in [2.45, 2.75) is 33.1 Å². The second-order valence-corrected chi connectivity index (χ2v) is 5.37. The van der Waals surface area contributed by atoms with Crippen LogP contribution in [0.25, 0.3) is 0 Å². The minimum atomic E-state index is 0.707.